The Morgan fingerprint density at radius 1 is 1.20 bits per heavy atom. The molecule has 9 heteroatoms. The minimum absolute atomic E-state index is 0.0702. The predicted octanol–water partition coefficient (Wildman–Crippen LogP) is 3.55. The maximum atomic E-state index is 13.1. The number of hydrogen-bond donors (Lipinski definition) is 1. The number of likely N-dealkylation sites (tertiary alicyclic amines) is 2. The molecule has 2 aliphatic rings. The van der Waals surface area contributed by atoms with Crippen molar-refractivity contribution in [1.29, 1.82) is 0 Å². The number of benzene rings is 1. The predicted molar refractivity (Wildman–Crippen MR) is 122 cm³/mol. The summed E-state index contributed by atoms with van der Waals surface area (Å²) in [7, 11) is -3.79. The highest BCUT2D eigenvalue weighted by Gasteiger charge is 2.43. The van der Waals surface area contributed by atoms with Gasteiger partial charge in [-0.1, -0.05) is 24.6 Å². The number of hydrogen-bond acceptors (Lipinski definition) is 5. The number of fused-ring (bicyclic) bond motifs is 1. The number of carbonyl (C=O) groups excluding carboxylic acids is 1. The standard InChI is InChI=1S/C21H28ClN3O3S2/c1-13(2)24-8-6-17(7-9-24)25-12-14(3)20(21(25)26)23-30(27,28)19-10-15-4-5-16(22)11-18(15)29-19/h4-5,10-11,13-14,17,20,23H,6-9,12H2,1-3H3. The van der Waals surface area contributed by atoms with Gasteiger partial charge in [0, 0.05) is 41.4 Å². The highest BCUT2D eigenvalue weighted by molar-refractivity contribution is 7.91. The number of sulfonamides is 1. The fourth-order valence-electron chi connectivity index (χ4n) is 4.48. The molecule has 6 nitrogen and oxygen atoms in total. The van der Waals surface area contributed by atoms with Gasteiger partial charge in [0.2, 0.25) is 5.91 Å². The molecule has 164 valence electrons. The first-order chi connectivity index (χ1) is 14.2. The molecule has 2 aliphatic heterocycles. The van der Waals surface area contributed by atoms with E-state index in [1.165, 1.54) is 11.3 Å². The van der Waals surface area contributed by atoms with Crippen LogP contribution in [0.2, 0.25) is 5.02 Å². The lowest BCUT2D eigenvalue weighted by molar-refractivity contribution is -0.132. The van der Waals surface area contributed by atoms with Gasteiger partial charge in [-0.15, -0.1) is 11.3 Å². The second-order valence-corrected chi connectivity index (χ2v) is 12.1. The number of amides is 1. The molecule has 0 aliphatic carbocycles. The monoisotopic (exact) mass is 469 g/mol. The minimum atomic E-state index is -3.79. The van der Waals surface area contributed by atoms with Crippen molar-refractivity contribution in [3.63, 3.8) is 0 Å². The maximum absolute atomic E-state index is 13.1. The van der Waals surface area contributed by atoms with Crippen LogP contribution in [0.25, 0.3) is 10.1 Å². The van der Waals surface area contributed by atoms with Crippen molar-refractivity contribution in [2.24, 2.45) is 5.92 Å². The van der Waals surface area contributed by atoms with E-state index >= 15 is 0 Å². The molecule has 1 N–H and O–H groups in total. The van der Waals surface area contributed by atoms with Gasteiger partial charge in [0.05, 0.1) is 0 Å². The first-order valence-electron chi connectivity index (χ1n) is 10.4. The summed E-state index contributed by atoms with van der Waals surface area (Å²) in [6, 6.07) is 6.93. The number of piperidine rings is 1. The van der Waals surface area contributed by atoms with Crippen molar-refractivity contribution in [2.45, 2.75) is 55.9 Å². The molecule has 4 rings (SSSR count). The third-order valence-corrected chi connectivity index (χ3v) is 9.53. The summed E-state index contributed by atoms with van der Waals surface area (Å²) >= 11 is 7.19. The number of thiophene rings is 1. The summed E-state index contributed by atoms with van der Waals surface area (Å²) in [5.41, 5.74) is 0. The van der Waals surface area contributed by atoms with Gasteiger partial charge in [-0.3, -0.25) is 4.79 Å². The molecular formula is C21H28ClN3O3S2. The molecule has 0 saturated carbocycles. The van der Waals surface area contributed by atoms with Gasteiger partial charge in [-0.25, -0.2) is 8.42 Å². The van der Waals surface area contributed by atoms with Crippen LogP contribution in [0.15, 0.2) is 28.5 Å². The second kappa shape index (κ2) is 8.39. The van der Waals surface area contributed by atoms with Crippen LogP contribution in [0, 0.1) is 5.92 Å². The summed E-state index contributed by atoms with van der Waals surface area (Å²) in [6.45, 7) is 8.87. The molecule has 2 saturated heterocycles. The third kappa shape index (κ3) is 4.25. The summed E-state index contributed by atoms with van der Waals surface area (Å²) in [6.07, 6.45) is 1.88. The topological polar surface area (TPSA) is 69.7 Å². The lowest BCUT2D eigenvalue weighted by Gasteiger charge is -2.38. The molecule has 1 aromatic heterocycles. The van der Waals surface area contributed by atoms with E-state index in [1.807, 2.05) is 17.9 Å². The Hall–Kier alpha value is -1.19. The fourth-order valence-corrected chi connectivity index (χ4v) is 7.46. The van der Waals surface area contributed by atoms with Crippen LogP contribution in [0.4, 0.5) is 0 Å². The van der Waals surface area contributed by atoms with E-state index < -0.39 is 16.1 Å². The molecule has 1 aromatic carbocycles. The molecule has 0 bridgehead atoms. The Balaban J connectivity index is 1.48. The molecule has 0 radical (unpaired) electrons. The molecular weight excluding hydrogens is 442 g/mol. The van der Waals surface area contributed by atoms with E-state index in [0.717, 1.165) is 36.0 Å². The van der Waals surface area contributed by atoms with Crippen molar-refractivity contribution in [3.05, 3.63) is 29.3 Å². The minimum Gasteiger partial charge on any atom is -0.338 e. The van der Waals surface area contributed by atoms with E-state index in [-0.39, 0.29) is 22.1 Å². The smallest absolute Gasteiger partial charge is 0.250 e. The van der Waals surface area contributed by atoms with Crippen LogP contribution in [0.5, 0.6) is 0 Å². The Bertz CT molecular complexity index is 1040. The van der Waals surface area contributed by atoms with Gasteiger partial charge in [0.15, 0.2) is 0 Å². The van der Waals surface area contributed by atoms with Crippen LogP contribution in [0.1, 0.15) is 33.6 Å². The zero-order valence-corrected chi connectivity index (χ0v) is 19.9. The summed E-state index contributed by atoms with van der Waals surface area (Å²) in [5.74, 6) is -0.169. The van der Waals surface area contributed by atoms with Crippen LogP contribution in [-0.2, 0) is 14.8 Å². The highest BCUT2D eigenvalue weighted by atomic mass is 35.5. The first-order valence-corrected chi connectivity index (χ1v) is 13.1. The number of carbonyl (C=O) groups is 1. The number of nitrogens with one attached hydrogen (secondary N) is 1. The molecule has 3 heterocycles. The van der Waals surface area contributed by atoms with Crippen molar-refractivity contribution in [3.8, 4) is 0 Å². The highest BCUT2D eigenvalue weighted by Crippen LogP contribution is 2.32. The van der Waals surface area contributed by atoms with Crippen molar-refractivity contribution < 1.29 is 13.2 Å². The van der Waals surface area contributed by atoms with E-state index in [4.69, 9.17) is 11.6 Å². The van der Waals surface area contributed by atoms with Crippen molar-refractivity contribution in [2.75, 3.05) is 19.6 Å². The van der Waals surface area contributed by atoms with Crippen LogP contribution < -0.4 is 4.72 Å². The number of rotatable bonds is 5. The summed E-state index contributed by atoms with van der Waals surface area (Å²) in [5, 5.41) is 1.40. The molecule has 2 unspecified atom stereocenters. The lowest BCUT2D eigenvalue weighted by atomic mass is 10.0. The van der Waals surface area contributed by atoms with E-state index in [0.29, 0.717) is 17.6 Å². The van der Waals surface area contributed by atoms with Gasteiger partial charge >= 0.3 is 0 Å². The first kappa shape index (κ1) is 22.0. The zero-order chi connectivity index (χ0) is 21.6. The van der Waals surface area contributed by atoms with Crippen LogP contribution in [-0.4, -0.2) is 61.9 Å². The number of nitrogens with zero attached hydrogens (tertiary/aromatic N) is 2. The van der Waals surface area contributed by atoms with Crippen LogP contribution >= 0.6 is 22.9 Å². The van der Waals surface area contributed by atoms with Gasteiger partial charge in [-0.2, -0.15) is 4.72 Å². The Morgan fingerprint density at radius 3 is 2.57 bits per heavy atom. The molecule has 2 aromatic rings. The average molecular weight is 470 g/mol. The van der Waals surface area contributed by atoms with Gasteiger partial charge < -0.3 is 9.80 Å². The third-order valence-electron chi connectivity index (χ3n) is 6.28. The van der Waals surface area contributed by atoms with Crippen molar-refractivity contribution >= 4 is 49.0 Å². The van der Waals surface area contributed by atoms with Crippen LogP contribution in [0.3, 0.4) is 0 Å². The Kier molecular flexibility index (Phi) is 6.16. The zero-order valence-electron chi connectivity index (χ0n) is 17.5. The quantitative estimate of drug-likeness (QED) is 0.727. The maximum Gasteiger partial charge on any atom is 0.250 e. The lowest BCUT2D eigenvalue weighted by Crippen LogP contribution is -2.49. The summed E-state index contributed by atoms with van der Waals surface area (Å²) < 4.78 is 29.8. The SMILES string of the molecule is CC1CN(C2CCN(C(C)C)CC2)C(=O)C1NS(=O)(=O)c1cc2ccc(Cl)cc2s1. The van der Waals surface area contributed by atoms with Gasteiger partial charge in [-0.05, 0) is 56.2 Å². The largest absolute Gasteiger partial charge is 0.338 e. The van der Waals surface area contributed by atoms with Gasteiger partial charge in [0.25, 0.3) is 10.0 Å². The fraction of sp³-hybridized carbons (Fsp3) is 0.571. The second-order valence-electron chi connectivity index (χ2n) is 8.68. The van der Waals surface area contributed by atoms with E-state index in [9.17, 15) is 13.2 Å². The van der Waals surface area contributed by atoms with E-state index in [2.05, 4.69) is 23.5 Å². The van der Waals surface area contributed by atoms with Crippen molar-refractivity contribution in [1.82, 2.24) is 14.5 Å². The molecule has 30 heavy (non-hydrogen) atoms. The Labute approximate surface area is 187 Å². The number of halogens is 1. The molecule has 1 amide bonds. The van der Waals surface area contributed by atoms with Gasteiger partial charge in [0.1, 0.15) is 10.3 Å². The van der Waals surface area contributed by atoms with E-state index in [1.54, 1.807) is 18.2 Å². The average Bonchev–Trinajstić information content (AvgIpc) is 3.24. The normalized spacial score (nSPS) is 24.4. The summed E-state index contributed by atoms with van der Waals surface area (Å²) in [4.78, 5) is 17.5. The molecule has 2 fully saturated rings. The molecule has 2 atom stereocenters. The Morgan fingerprint density at radius 2 is 1.90 bits per heavy atom. The molecule has 0 spiro atoms.